The molecule has 0 aliphatic carbocycles. The zero-order chi connectivity index (χ0) is 26.5. The smallest absolute Gasteiger partial charge is 0.316 e. The molecule has 1 N–H and O–H groups in total. The van der Waals surface area contributed by atoms with Crippen LogP contribution in [0.25, 0.3) is 0 Å². The minimum atomic E-state index is -0.743. The van der Waals surface area contributed by atoms with E-state index in [0.29, 0.717) is 47.2 Å². The van der Waals surface area contributed by atoms with Crippen LogP contribution in [-0.4, -0.2) is 46.9 Å². The standard InChI is InChI=1S/C26H24Cl2F2N4O3/c1-37-26-32-14-18(25(36)31-13-15-5-6-19(27)20(28)11-15)24(33-26)16-7-9-34(10-8-16)23(35)12-17-21(29)3-2-4-22(17)30/h2-6,11,14,16H,7-10,12-13H2,1H3,(H,31,36). The fraction of sp³-hybridized carbons (Fsp3) is 0.308. The predicted molar refractivity (Wildman–Crippen MR) is 135 cm³/mol. The summed E-state index contributed by atoms with van der Waals surface area (Å²) in [6.07, 6.45) is 2.09. The van der Waals surface area contributed by atoms with E-state index >= 15 is 0 Å². The van der Waals surface area contributed by atoms with Crippen molar-refractivity contribution in [3.05, 3.63) is 86.7 Å². The Balaban J connectivity index is 1.44. The Kier molecular flexibility index (Phi) is 8.56. The molecule has 194 valence electrons. The Labute approximate surface area is 222 Å². The van der Waals surface area contributed by atoms with Crippen LogP contribution in [0.15, 0.2) is 42.6 Å². The molecule has 7 nitrogen and oxygen atoms in total. The van der Waals surface area contributed by atoms with E-state index in [1.165, 1.54) is 19.4 Å². The highest BCUT2D eigenvalue weighted by Gasteiger charge is 2.29. The molecule has 0 bridgehead atoms. The first-order valence-electron chi connectivity index (χ1n) is 11.6. The monoisotopic (exact) mass is 548 g/mol. The number of nitrogens with zero attached hydrogens (tertiary/aromatic N) is 3. The van der Waals surface area contributed by atoms with Crippen molar-refractivity contribution in [3.63, 3.8) is 0 Å². The molecule has 3 aromatic rings. The minimum absolute atomic E-state index is 0.129. The quantitative estimate of drug-likeness (QED) is 0.451. The second-order valence-electron chi connectivity index (χ2n) is 8.62. The molecule has 0 spiro atoms. The number of hydrogen-bond donors (Lipinski definition) is 1. The molecule has 1 aliphatic heterocycles. The maximum Gasteiger partial charge on any atom is 0.316 e. The number of aromatic nitrogens is 2. The first-order chi connectivity index (χ1) is 17.8. The van der Waals surface area contributed by atoms with Crippen LogP contribution in [0.5, 0.6) is 6.01 Å². The lowest BCUT2D eigenvalue weighted by Crippen LogP contribution is -2.39. The van der Waals surface area contributed by atoms with Gasteiger partial charge in [-0.15, -0.1) is 0 Å². The first-order valence-corrected chi connectivity index (χ1v) is 12.4. The van der Waals surface area contributed by atoms with E-state index in [4.69, 9.17) is 27.9 Å². The van der Waals surface area contributed by atoms with Crippen molar-refractivity contribution in [2.24, 2.45) is 0 Å². The van der Waals surface area contributed by atoms with Crippen LogP contribution in [0.3, 0.4) is 0 Å². The molecule has 1 aromatic heterocycles. The number of rotatable bonds is 7. The summed E-state index contributed by atoms with van der Waals surface area (Å²) in [5, 5.41) is 3.66. The molecular formula is C26H24Cl2F2N4O3. The maximum atomic E-state index is 14.0. The SMILES string of the molecule is COc1ncc(C(=O)NCc2ccc(Cl)c(Cl)c2)c(C2CCN(C(=O)Cc3c(F)cccc3F)CC2)n1. The third-order valence-electron chi connectivity index (χ3n) is 6.28. The summed E-state index contributed by atoms with van der Waals surface area (Å²) in [6, 6.07) is 8.75. The van der Waals surface area contributed by atoms with E-state index in [-0.39, 0.29) is 42.3 Å². The van der Waals surface area contributed by atoms with Crippen molar-refractivity contribution in [1.29, 1.82) is 0 Å². The van der Waals surface area contributed by atoms with Gasteiger partial charge in [-0.05, 0) is 42.7 Å². The zero-order valence-corrected chi connectivity index (χ0v) is 21.5. The topological polar surface area (TPSA) is 84.4 Å². The number of likely N-dealkylation sites (tertiary alicyclic amines) is 1. The van der Waals surface area contributed by atoms with Crippen molar-refractivity contribution in [2.75, 3.05) is 20.2 Å². The van der Waals surface area contributed by atoms with Crippen LogP contribution in [-0.2, 0) is 17.8 Å². The molecule has 0 saturated carbocycles. The summed E-state index contributed by atoms with van der Waals surface area (Å²) >= 11 is 12.0. The normalized spacial score (nSPS) is 13.9. The molecule has 1 saturated heterocycles. The number of ether oxygens (including phenoxy) is 1. The number of carbonyl (C=O) groups excluding carboxylic acids is 2. The first kappa shape index (κ1) is 26.8. The Hall–Kier alpha value is -3.30. The van der Waals surface area contributed by atoms with Gasteiger partial charge in [0.05, 0.1) is 34.8 Å². The molecule has 0 atom stereocenters. The van der Waals surface area contributed by atoms with E-state index in [2.05, 4.69) is 15.3 Å². The lowest BCUT2D eigenvalue weighted by Gasteiger charge is -2.32. The molecule has 1 aliphatic rings. The molecule has 2 heterocycles. The fourth-order valence-corrected chi connectivity index (χ4v) is 4.58. The lowest BCUT2D eigenvalue weighted by atomic mass is 9.90. The molecule has 2 aromatic carbocycles. The Morgan fingerprint density at radius 2 is 1.81 bits per heavy atom. The van der Waals surface area contributed by atoms with E-state index in [0.717, 1.165) is 17.7 Å². The van der Waals surface area contributed by atoms with Crippen LogP contribution >= 0.6 is 23.2 Å². The van der Waals surface area contributed by atoms with E-state index < -0.39 is 11.6 Å². The fourth-order valence-electron chi connectivity index (χ4n) is 4.26. The largest absolute Gasteiger partial charge is 0.467 e. The third kappa shape index (κ3) is 6.34. The lowest BCUT2D eigenvalue weighted by molar-refractivity contribution is -0.131. The van der Waals surface area contributed by atoms with Gasteiger partial charge in [0.2, 0.25) is 5.91 Å². The van der Waals surface area contributed by atoms with Gasteiger partial charge < -0.3 is 15.0 Å². The van der Waals surface area contributed by atoms with Crippen molar-refractivity contribution in [2.45, 2.75) is 31.7 Å². The van der Waals surface area contributed by atoms with Crippen molar-refractivity contribution in [3.8, 4) is 6.01 Å². The molecule has 37 heavy (non-hydrogen) atoms. The molecule has 0 unspecified atom stereocenters. The van der Waals surface area contributed by atoms with Gasteiger partial charge in [0.1, 0.15) is 11.6 Å². The second kappa shape index (κ2) is 11.8. The number of piperidine rings is 1. The van der Waals surface area contributed by atoms with Gasteiger partial charge >= 0.3 is 6.01 Å². The molecule has 0 radical (unpaired) electrons. The molecule has 4 rings (SSSR count). The highest BCUT2D eigenvalue weighted by Crippen LogP contribution is 2.30. The number of nitrogens with one attached hydrogen (secondary N) is 1. The van der Waals surface area contributed by atoms with E-state index in [1.807, 2.05) is 0 Å². The van der Waals surface area contributed by atoms with Gasteiger partial charge in [0, 0.05) is 37.3 Å². The number of methoxy groups -OCH3 is 1. The maximum absolute atomic E-state index is 14.0. The van der Waals surface area contributed by atoms with E-state index in [9.17, 15) is 18.4 Å². The van der Waals surface area contributed by atoms with Gasteiger partial charge in [-0.2, -0.15) is 4.98 Å². The van der Waals surface area contributed by atoms with Crippen molar-refractivity contribution < 1.29 is 23.1 Å². The summed E-state index contributed by atoms with van der Waals surface area (Å²) in [7, 11) is 1.44. The molecule has 11 heteroatoms. The number of hydrogen-bond acceptors (Lipinski definition) is 5. The number of carbonyl (C=O) groups is 2. The van der Waals surface area contributed by atoms with E-state index in [1.54, 1.807) is 23.1 Å². The van der Waals surface area contributed by atoms with Gasteiger partial charge in [-0.1, -0.05) is 35.3 Å². The Bertz CT molecular complexity index is 1300. The summed E-state index contributed by atoms with van der Waals surface area (Å²) in [5.41, 5.74) is 1.36. The van der Waals surface area contributed by atoms with Gasteiger partial charge in [-0.3, -0.25) is 9.59 Å². The van der Waals surface area contributed by atoms with Gasteiger partial charge in [0.25, 0.3) is 5.91 Å². The van der Waals surface area contributed by atoms with Gasteiger partial charge in [0.15, 0.2) is 0 Å². The average Bonchev–Trinajstić information content (AvgIpc) is 2.91. The second-order valence-corrected chi connectivity index (χ2v) is 9.43. The molecular weight excluding hydrogens is 525 g/mol. The third-order valence-corrected chi connectivity index (χ3v) is 7.02. The summed E-state index contributed by atoms with van der Waals surface area (Å²) in [5.74, 6) is -2.35. The minimum Gasteiger partial charge on any atom is -0.467 e. The van der Waals surface area contributed by atoms with Crippen molar-refractivity contribution >= 4 is 35.0 Å². The average molecular weight is 549 g/mol. The highest BCUT2D eigenvalue weighted by atomic mass is 35.5. The summed E-state index contributed by atoms with van der Waals surface area (Å²) < 4.78 is 33.1. The number of amides is 2. The van der Waals surface area contributed by atoms with Crippen molar-refractivity contribution in [1.82, 2.24) is 20.2 Å². The van der Waals surface area contributed by atoms with Crippen LogP contribution in [0.2, 0.25) is 10.0 Å². The zero-order valence-electron chi connectivity index (χ0n) is 19.9. The van der Waals surface area contributed by atoms with Crippen LogP contribution in [0, 0.1) is 11.6 Å². The van der Waals surface area contributed by atoms with Crippen LogP contribution < -0.4 is 10.1 Å². The number of halogens is 4. The highest BCUT2D eigenvalue weighted by molar-refractivity contribution is 6.42. The molecule has 2 amide bonds. The summed E-state index contributed by atoms with van der Waals surface area (Å²) in [4.78, 5) is 35.9. The van der Waals surface area contributed by atoms with Gasteiger partial charge in [-0.25, -0.2) is 13.8 Å². The Morgan fingerprint density at radius 3 is 2.46 bits per heavy atom. The predicted octanol–water partition coefficient (Wildman–Crippen LogP) is 4.95. The Morgan fingerprint density at radius 1 is 1.11 bits per heavy atom. The van der Waals surface area contributed by atoms with Crippen LogP contribution in [0.4, 0.5) is 8.78 Å². The molecule has 1 fully saturated rings. The summed E-state index contributed by atoms with van der Waals surface area (Å²) in [6.45, 7) is 0.938. The number of benzene rings is 2. The van der Waals surface area contributed by atoms with Crippen LogP contribution in [0.1, 0.15) is 45.9 Å².